The Kier molecular flexibility index (Phi) is 5.33. The smallest absolute Gasteiger partial charge is 0.0745 e. The van der Waals surface area contributed by atoms with Crippen molar-refractivity contribution in [1.29, 1.82) is 0 Å². The van der Waals surface area contributed by atoms with Crippen LogP contribution in [0.4, 0.5) is 0 Å². The van der Waals surface area contributed by atoms with Crippen molar-refractivity contribution in [3.8, 4) is 0 Å². The highest BCUT2D eigenvalue weighted by atomic mass is 16.5. The second-order valence-electron chi connectivity index (χ2n) is 5.19. The third-order valence-electron chi connectivity index (χ3n) is 3.39. The van der Waals surface area contributed by atoms with Crippen molar-refractivity contribution in [1.82, 2.24) is 0 Å². The SMILES string of the molecule is C[C@H](OC[C@@H](C)O)C(c1ccccc1)c1ccccc1. The van der Waals surface area contributed by atoms with Crippen LogP contribution in [0.2, 0.25) is 0 Å². The molecule has 0 aliphatic rings. The molecule has 0 aliphatic carbocycles. The first-order chi connectivity index (χ1) is 9.68. The van der Waals surface area contributed by atoms with E-state index in [2.05, 4.69) is 31.2 Å². The predicted octanol–water partition coefficient (Wildman–Crippen LogP) is 3.60. The van der Waals surface area contributed by atoms with Crippen LogP contribution in [0.15, 0.2) is 60.7 Å². The molecule has 106 valence electrons. The zero-order valence-electron chi connectivity index (χ0n) is 12.1. The Morgan fingerprint density at radius 2 is 1.30 bits per heavy atom. The van der Waals surface area contributed by atoms with E-state index in [0.29, 0.717) is 6.61 Å². The molecule has 2 rings (SSSR count). The van der Waals surface area contributed by atoms with Crippen LogP contribution >= 0.6 is 0 Å². The molecule has 0 radical (unpaired) electrons. The van der Waals surface area contributed by atoms with Crippen LogP contribution in [0.1, 0.15) is 30.9 Å². The maximum Gasteiger partial charge on any atom is 0.0745 e. The van der Waals surface area contributed by atoms with Gasteiger partial charge in [-0.1, -0.05) is 60.7 Å². The van der Waals surface area contributed by atoms with Gasteiger partial charge in [0.15, 0.2) is 0 Å². The molecule has 0 saturated heterocycles. The molecule has 0 aromatic heterocycles. The molecule has 2 nitrogen and oxygen atoms in total. The van der Waals surface area contributed by atoms with E-state index in [9.17, 15) is 5.11 Å². The quantitative estimate of drug-likeness (QED) is 0.869. The Balaban J connectivity index is 2.25. The molecule has 2 aromatic rings. The summed E-state index contributed by atoms with van der Waals surface area (Å²) in [6.45, 7) is 4.16. The lowest BCUT2D eigenvalue weighted by atomic mass is 9.87. The summed E-state index contributed by atoms with van der Waals surface area (Å²) < 4.78 is 5.82. The van der Waals surface area contributed by atoms with Crippen molar-refractivity contribution in [2.75, 3.05) is 6.61 Å². The van der Waals surface area contributed by atoms with E-state index >= 15 is 0 Å². The fourth-order valence-electron chi connectivity index (χ4n) is 2.44. The topological polar surface area (TPSA) is 29.5 Å². The molecule has 2 aromatic carbocycles. The van der Waals surface area contributed by atoms with Crippen LogP contribution < -0.4 is 0 Å². The molecule has 0 spiro atoms. The van der Waals surface area contributed by atoms with Gasteiger partial charge in [0.2, 0.25) is 0 Å². The minimum atomic E-state index is -0.440. The van der Waals surface area contributed by atoms with Gasteiger partial charge in [-0.15, -0.1) is 0 Å². The molecule has 1 N–H and O–H groups in total. The van der Waals surface area contributed by atoms with E-state index in [1.54, 1.807) is 6.92 Å². The Morgan fingerprint density at radius 3 is 1.70 bits per heavy atom. The predicted molar refractivity (Wildman–Crippen MR) is 81.8 cm³/mol. The fourth-order valence-corrected chi connectivity index (χ4v) is 2.44. The van der Waals surface area contributed by atoms with E-state index in [-0.39, 0.29) is 12.0 Å². The molecule has 0 unspecified atom stereocenters. The minimum absolute atomic E-state index is 0.00870. The van der Waals surface area contributed by atoms with Gasteiger partial charge in [0.1, 0.15) is 0 Å². The van der Waals surface area contributed by atoms with Crippen LogP contribution in [0.5, 0.6) is 0 Å². The van der Waals surface area contributed by atoms with E-state index in [4.69, 9.17) is 4.74 Å². The third-order valence-corrected chi connectivity index (χ3v) is 3.39. The Labute approximate surface area is 121 Å². The molecular formula is C18H22O2. The lowest BCUT2D eigenvalue weighted by Crippen LogP contribution is -2.24. The van der Waals surface area contributed by atoms with Crippen molar-refractivity contribution < 1.29 is 9.84 Å². The summed E-state index contributed by atoms with van der Waals surface area (Å²) in [5, 5.41) is 9.40. The number of rotatable bonds is 6. The number of ether oxygens (including phenoxy) is 1. The zero-order valence-corrected chi connectivity index (χ0v) is 12.1. The summed E-state index contributed by atoms with van der Waals surface area (Å²) in [5.74, 6) is 0.177. The van der Waals surface area contributed by atoms with Gasteiger partial charge in [0.05, 0.1) is 18.8 Å². The normalized spacial score (nSPS) is 14.2. The van der Waals surface area contributed by atoms with Crippen LogP contribution in [0.3, 0.4) is 0 Å². The van der Waals surface area contributed by atoms with Gasteiger partial charge in [-0.2, -0.15) is 0 Å². The van der Waals surface area contributed by atoms with Gasteiger partial charge in [0.25, 0.3) is 0 Å². The van der Waals surface area contributed by atoms with Crippen molar-refractivity contribution in [3.05, 3.63) is 71.8 Å². The second kappa shape index (κ2) is 7.22. The summed E-state index contributed by atoms with van der Waals surface area (Å²) in [4.78, 5) is 0. The highest BCUT2D eigenvalue weighted by molar-refractivity contribution is 5.33. The van der Waals surface area contributed by atoms with Gasteiger partial charge >= 0.3 is 0 Å². The van der Waals surface area contributed by atoms with Crippen molar-refractivity contribution in [2.24, 2.45) is 0 Å². The standard InChI is InChI=1S/C18H22O2/c1-14(19)13-20-15(2)18(16-9-5-3-6-10-16)17-11-7-4-8-12-17/h3-12,14-15,18-19H,13H2,1-2H3/t14-,15+/m1/s1. The Morgan fingerprint density at radius 1 is 0.850 bits per heavy atom. The molecule has 0 amide bonds. The fraction of sp³-hybridized carbons (Fsp3) is 0.333. The van der Waals surface area contributed by atoms with Gasteiger partial charge < -0.3 is 9.84 Å². The number of aliphatic hydroxyl groups is 1. The maximum atomic E-state index is 9.40. The summed E-state index contributed by atoms with van der Waals surface area (Å²) in [5.41, 5.74) is 2.47. The summed E-state index contributed by atoms with van der Waals surface area (Å²) >= 11 is 0. The van der Waals surface area contributed by atoms with Crippen LogP contribution in [-0.4, -0.2) is 23.9 Å². The molecule has 0 bridgehead atoms. The first kappa shape index (κ1) is 14.8. The van der Waals surface area contributed by atoms with E-state index in [0.717, 1.165) is 0 Å². The average molecular weight is 270 g/mol. The number of hydrogen-bond acceptors (Lipinski definition) is 2. The van der Waals surface area contributed by atoms with Gasteiger partial charge in [0, 0.05) is 5.92 Å². The molecular weight excluding hydrogens is 248 g/mol. The van der Waals surface area contributed by atoms with E-state index in [1.807, 2.05) is 36.4 Å². The molecule has 0 aliphatic heterocycles. The summed E-state index contributed by atoms with van der Waals surface area (Å²) in [6.07, 6.45) is -0.431. The lowest BCUT2D eigenvalue weighted by molar-refractivity contribution is -0.00111. The highest BCUT2D eigenvalue weighted by Crippen LogP contribution is 2.29. The lowest BCUT2D eigenvalue weighted by Gasteiger charge is -2.26. The molecule has 2 heteroatoms. The summed E-state index contributed by atoms with van der Waals surface area (Å²) in [7, 11) is 0. The van der Waals surface area contributed by atoms with Crippen LogP contribution in [0.25, 0.3) is 0 Å². The largest absolute Gasteiger partial charge is 0.391 e. The third kappa shape index (κ3) is 3.92. The molecule has 0 fully saturated rings. The number of hydrogen-bond donors (Lipinski definition) is 1. The minimum Gasteiger partial charge on any atom is -0.391 e. The van der Waals surface area contributed by atoms with Gasteiger partial charge in [-0.25, -0.2) is 0 Å². The summed E-state index contributed by atoms with van der Waals surface area (Å²) in [6, 6.07) is 20.7. The van der Waals surface area contributed by atoms with Crippen LogP contribution in [0, 0.1) is 0 Å². The Bertz CT molecular complexity index is 454. The number of benzene rings is 2. The van der Waals surface area contributed by atoms with Crippen molar-refractivity contribution in [2.45, 2.75) is 32.0 Å². The molecule has 2 atom stereocenters. The first-order valence-corrected chi connectivity index (χ1v) is 7.08. The molecule has 0 saturated carbocycles. The molecule has 20 heavy (non-hydrogen) atoms. The maximum absolute atomic E-state index is 9.40. The monoisotopic (exact) mass is 270 g/mol. The highest BCUT2D eigenvalue weighted by Gasteiger charge is 2.22. The van der Waals surface area contributed by atoms with Crippen molar-refractivity contribution in [3.63, 3.8) is 0 Å². The van der Waals surface area contributed by atoms with Crippen molar-refractivity contribution >= 4 is 0 Å². The second-order valence-corrected chi connectivity index (χ2v) is 5.19. The van der Waals surface area contributed by atoms with Gasteiger partial charge in [-0.3, -0.25) is 0 Å². The number of aliphatic hydroxyl groups excluding tert-OH is 1. The zero-order chi connectivity index (χ0) is 14.4. The van der Waals surface area contributed by atoms with Crippen LogP contribution in [-0.2, 0) is 4.74 Å². The Hall–Kier alpha value is -1.64. The van der Waals surface area contributed by atoms with E-state index < -0.39 is 6.10 Å². The van der Waals surface area contributed by atoms with E-state index in [1.165, 1.54) is 11.1 Å². The van der Waals surface area contributed by atoms with Gasteiger partial charge in [-0.05, 0) is 25.0 Å². The first-order valence-electron chi connectivity index (χ1n) is 7.08. The molecule has 0 heterocycles. The average Bonchev–Trinajstić information content (AvgIpc) is 2.48.